The summed E-state index contributed by atoms with van der Waals surface area (Å²) >= 11 is 0. The van der Waals surface area contributed by atoms with Crippen LogP contribution >= 0.6 is 0 Å². The van der Waals surface area contributed by atoms with Crippen molar-refractivity contribution in [1.82, 2.24) is 0 Å². The lowest BCUT2D eigenvalue weighted by atomic mass is 10.0. The average molecular weight is 169 g/mol. The summed E-state index contributed by atoms with van der Waals surface area (Å²) in [6, 6.07) is 7.36. The van der Waals surface area contributed by atoms with Crippen molar-refractivity contribution in [3.63, 3.8) is 0 Å². The Kier molecular flexibility index (Phi) is 2.84. The summed E-state index contributed by atoms with van der Waals surface area (Å²) in [5.74, 6) is 4.94. The van der Waals surface area contributed by atoms with E-state index in [0.717, 1.165) is 5.56 Å². The molecule has 0 N–H and O–H groups in total. The molecule has 2 heteroatoms. The molecular formula is C11H7NO. The lowest BCUT2D eigenvalue weighted by Crippen LogP contribution is -1.87. The van der Waals surface area contributed by atoms with Crippen molar-refractivity contribution in [2.45, 2.75) is 6.92 Å². The van der Waals surface area contributed by atoms with Crippen LogP contribution in [0, 0.1) is 30.1 Å². The lowest BCUT2D eigenvalue weighted by molar-refractivity contribution is -0.103. The van der Waals surface area contributed by atoms with Gasteiger partial charge in [-0.05, 0) is 24.5 Å². The summed E-state index contributed by atoms with van der Waals surface area (Å²) < 4.78 is 0. The molecule has 0 saturated carbocycles. The fourth-order valence-corrected chi connectivity index (χ4v) is 1.03. The van der Waals surface area contributed by atoms with Gasteiger partial charge in [0.05, 0.1) is 5.56 Å². The molecule has 0 bridgehead atoms. The van der Waals surface area contributed by atoms with Gasteiger partial charge in [-0.25, -0.2) is 0 Å². The number of nitriles is 1. The first kappa shape index (κ1) is 9.03. The van der Waals surface area contributed by atoms with Crippen LogP contribution in [0.15, 0.2) is 18.2 Å². The van der Waals surface area contributed by atoms with Crippen LogP contribution in [-0.2, 0) is 4.79 Å². The molecule has 0 radical (unpaired) electrons. The fourth-order valence-electron chi connectivity index (χ4n) is 1.03. The quantitative estimate of drug-likeness (QED) is 0.435. The summed E-state index contributed by atoms with van der Waals surface area (Å²) in [5.41, 5.74) is 2.06. The molecule has 0 fully saturated rings. The minimum Gasteiger partial charge on any atom is -0.289 e. The highest BCUT2D eigenvalue weighted by molar-refractivity contribution is 5.74. The molecule has 0 aliphatic carbocycles. The van der Waals surface area contributed by atoms with Gasteiger partial charge in [-0.3, -0.25) is 4.79 Å². The molecule has 0 saturated heterocycles. The van der Waals surface area contributed by atoms with Crippen molar-refractivity contribution in [3.05, 3.63) is 34.9 Å². The van der Waals surface area contributed by atoms with Gasteiger partial charge in [-0.2, -0.15) is 5.26 Å². The molecule has 13 heavy (non-hydrogen) atoms. The minimum atomic E-state index is 0.509. The van der Waals surface area contributed by atoms with Crippen LogP contribution in [-0.4, -0.2) is 6.29 Å². The largest absolute Gasteiger partial charge is 0.289 e. The Hall–Kier alpha value is -2.06. The molecule has 2 nitrogen and oxygen atoms in total. The zero-order chi connectivity index (χ0) is 9.68. The van der Waals surface area contributed by atoms with Gasteiger partial charge in [0.2, 0.25) is 0 Å². The smallest absolute Gasteiger partial charge is 0.193 e. The molecule has 0 amide bonds. The van der Waals surface area contributed by atoms with Crippen molar-refractivity contribution >= 4 is 6.29 Å². The summed E-state index contributed by atoms with van der Waals surface area (Å²) in [6.07, 6.45) is 0.521. The fraction of sp³-hybridized carbons (Fsp3) is 0.0909. The summed E-state index contributed by atoms with van der Waals surface area (Å²) in [4.78, 5) is 10.0. The van der Waals surface area contributed by atoms with E-state index in [1.165, 1.54) is 0 Å². The Bertz CT molecular complexity index is 430. The Labute approximate surface area is 76.8 Å². The number of rotatable bonds is 0. The van der Waals surface area contributed by atoms with Crippen LogP contribution in [0.3, 0.4) is 0 Å². The maximum absolute atomic E-state index is 10.0. The van der Waals surface area contributed by atoms with Crippen LogP contribution in [0.2, 0.25) is 0 Å². The van der Waals surface area contributed by atoms with Crippen molar-refractivity contribution in [1.29, 1.82) is 5.26 Å². The molecule has 0 aliphatic rings. The first-order valence-electron chi connectivity index (χ1n) is 3.74. The van der Waals surface area contributed by atoms with Gasteiger partial charge in [-0.15, -0.1) is 0 Å². The van der Waals surface area contributed by atoms with Crippen molar-refractivity contribution in [2.75, 3.05) is 0 Å². The third-order valence-corrected chi connectivity index (χ3v) is 1.65. The summed E-state index contributed by atoms with van der Waals surface area (Å²) in [6.45, 7) is 1.86. The van der Waals surface area contributed by atoms with E-state index < -0.39 is 0 Å². The molecule has 1 aromatic rings. The van der Waals surface area contributed by atoms with Gasteiger partial charge in [0.15, 0.2) is 6.29 Å². The van der Waals surface area contributed by atoms with Crippen molar-refractivity contribution < 1.29 is 4.79 Å². The predicted octanol–water partition coefficient (Wildman–Crippen LogP) is 1.42. The maximum Gasteiger partial charge on any atom is 0.193 e. The number of nitrogens with zero attached hydrogens (tertiary/aromatic N) is 1. The van der Waals surface area contributed by atoms with Crippen LogP contribution in [0.5, 0.6) is 0 Å². The second kappa shape index (κ2) is 4.09. The highest BCUT2D eigenvalue weighted by atomic mass is 16.1. The van der Waals surface area contributed by atoms with Crippen LogP contribution < -0.4 is 0 Å². The highest BCUT2D eigenvalue weighted by Crippen LogP contribution is 2.11. The predicted molar refractivity (Wildman–Crippen MR) is 48.8 cm³/mol. The molecule has 62 valence electrons. The first-order chi connectivity index (χ1) is 6.29. The second-order valence-electron chi connectivity index (χ2n) is 2.50. The Morgan fingerprint density at radius 2 is 2.23 bits per heavy atom. The Morgan fingerprint density at radius 3 is 2.85 bits per heavy atom. The molecule has 1 aromatic carbocycles. The van der Waals surface area contributed by atoms with E-state index >= 15 is 0 Å². The van der Waals surface area contributed by atoms with Gasteiger partial charge in [0.1, 0.15) is 6.07 Å². The van der Waals surface area contributed by atoms with Gasteiger partial charge in [0.25, 0.3) is 0 Å². The topological polar surface area (TPSA) is 40.9 Å². The maximum atomic E-state index is 10.0. The average Bonchev–Trinajstić information content (AvgIpc) is 2.15. The SMILES string of the molecule is Cc1cccc(C#N)c1C#CC=O. The van der Waals surface area contributed by atoms with E-state index in [4.69, 9.17) is 5.26 Å². The third kappa shape index (κ3) is 1.95. The Morgan fingerprint density at radius 1 is 1.46 bits per heavy atom. The molecule has 0 heterocycles. The van der Waals surface area contributed by atoms with Crippen LogP contribution in [0.1, 0.15) is 16.7 Å². The lowest BCUT2D eigenvalue weighted by Gasteiger charge is -1.98. The molecule has 0 atom stereocenters. The number of benzene rings is 1. The zero-order valence-electron chi connectivity index (χ0n) is 7.16. The monoisotopic (exact) mass is 169 g/mol. The summed E-state index contributed by atoms with van der Waals surface area (Å²) in [7, 11) is 0. The van der Waals surface area contributed by atoms with E-state index in [1.54, 1.807) is 12.1 Å². The van der Waals surface area contributed by atoms with E-state index in [2.05, 4.69) is 11.8 Å². The Balaban J connectivity index is 3.33. The molecule has 1 rings (SSSR count). The van der Waals surface area contributed by atoms with Crippen molar-refractivity contribution in [3.8, 4) is 17.9 Å². The van der Waals surface area contributed by atoms with Gasteiger partial charge < -0.3 is 0 Å². The van der Waals surface area contributed by atoms with E-state index in [1.807, 2.05) is 19.1 Å². The summed E-state index contributed by atoms with van der Waals surface area (Å²) in [5, 5.41) is 8.74. The minimum absolute atomic E-state index is 0.509. The van der Waals surface area contributed by atoms with E-state index in [9.17, 15) is 4.79 Å². The second-order valence-corrected chi connectivity index (χ2v) is 2.50. The van der Waals surface area contributed by atoms with Gasteiger partial charge in [-0.1, -0.05) is 18.1 Å². The normalized spacial score (nSPS) is 8.00. The zero-order valence-corrected chi connectivity index (χ0v) is 7.16. The third-order valence-electron chi connectivity index (χ3n) is 1.65. The number of aldehydes is 1. The molecule has 0 unspecified atom stereocenters. The number of carbonyl (C=O) groups excluding carboxylic acids is 1. The van der Waals surface area contributed by atoms with Crippen LogP contribution in [0.4, 0.5) is 0 Å². The van der Waals surface area contributed by atoms with Gasteiger partial charge in [0, 0.05) is 5.56 Å². The first-order valence-corrected chi connectivity index (χ1v) is 3.74. The molecular weight excluding hydrogens is 162 g/mol. The number of hydrogen-bond acceptors (Lipinski definition) is 2. The van der Waals surface area contributed by atoms with Gasteiger partial charge >= 0.3 is 0 Å². The van der Waals surface area contributed by atoms with E-state index in [-0.39, 0.29) is 0 Å². The molecule has 0 spiro atoms. The number of hydrogen-bond donors (Lipinski definition) is 0. The molecule has 0 aromatic heterocycles. The van der Waals surface area contributed by atoms with E-state index in [0.29, 0.717) is 17.4 Å². The highest BCUT2D eigenvalue weighted by Gasteiger charge is 2.00. The van der Waals surface area contributed by atoms with Crippen LogP contribution in [0.25, 0.3) is 0 Å². The number of aryl methyl sites for hydroxylation is 1. The molecule has 0 aliphatic heterocycles. The number of carbonyl (C=O) groups is 1. The van der Waals surface area contributed by atoms with Crippen molar-refractivity contribution in [2.24, 2.45) is 0 Å². The standard InChI is InChI=1S/C11H7NO/c1-9-4-2-5-10(8-12)11(9)6-3-7-13/h2,4-5,7H,1H3.